The summed E-state index contributed by atoms with van der Waals surface area (Å²) in [4.78, 5) is 11.2. The standard InChI is InChI=1S/C14H11F2NO2/c15-10-7-4-8-11(16)12(10)13(14(18)19)17-9-5-2-1-3-6-9/h1-8,13,17H,(H,18,19). The highest BCUT2D eigenvalue weighted by Gasteiger charge is 2.26. The summed E-state index contributed by atoms with van der Waals surface area (Å²) >= 11 is 0. The van der Waals surface area contributed by atoms with E-state index in [0.717, 1.165) is 12.1 Å². The fraction of sp³-hybridized carbons (Fsp3) is 0.0714. The molecule has 1 atom stereocenters. The number of rotatable bonds is 4. The Balaban J connectivity index is 2.39. The zero-order valence-electron chi connectivity index (χ0n) is 9.81. The fourth-order valence-electron chi connectivity index (χ4n) is 1.74. The van der Waals surface area contributed by atoms with Gasteiger partial charge in [-0.3, -0.25) is 0 Å². The van der Waals surface area contributed by atoms with Gasteiger partial charge in [0.05, 0.1) is 5.56 Å². The molecule has 19 heavy (non-hydrogen) atoms. The van der Waals surface area contributed by atoms with Crippen LogP contribution < -0.4 is 5.32 Å². The summed E-state index contributed by atoms with van der Waals surface area (Å²) in [6.07, 6.45) is 0. The number of nitrogens with one attached hydrogen (secondary N) is 1. The van der Waals surface area contributed by atoms with Gasteiger partial charge in [0, 0.05) is 5.69 Å². The minimum atomic E-state index is -1.48. The first-order chi connectivity index (χ1) is 9.09. The Morgan fingerprint density at radius 1 is 1.00 bits per heavy atom. The van der Waals surface area contributed by atoms with E-state index in [9.17, 15) is 13.6 Å². The van der Waals surface area contributed by atoms with Crippen LogP contribution in [0.1, 0.15) is 11.6 Å². The Morgan fingerprint density at radius 3 is 2.11 bits per heavy atom. The largest absolute Gasteiger partial charge is 0.479 e. The van der Waals surface area contributed by atoms with Crippen LogP contribution in [0, 0.1) is 11.6 Å². The highest BCUT2D eigenvalue weighted by molar-refractivity contribution is 5.79. The Morgan fingerprint density at radius 2 is 1.58 bits per heavy atom. The number of carboxylic acid groups (broad SMARTS) is 1. The molecule has 5 heteroatoms. The van der Waals surface area contributed by atoms with E-state index < -0.39 is 29.2 Å². The molecule has 0 radical (unpaired) electrons. The number of hydrogen-bond donors (Lipinski definition) is 2. The molecule has 0 saturated carbocycles. The molecule has 0 fully saturated rings. The third-order valence-corrected chi connectivity index (χ3v) is 2.62. The molecule has 3 nitrogen and oxygen atoms in total. The molecule has 1 unspecified atom stereocenters. The number of halogens is 2. The molecule has 0 aliphatic carbocycles. The molecule has 0 aliphatic heterocycles. The number of hydrogen-bond acceptors (Lipinski definition) is 2. The van der Waals surface area contributed by atoms with Gasteiger partial charge >= 0.3 is 5.97 Å². The SMILES string of the molecule is O=C(O)C(Nc1ccccc1)c1c(F)cccc1F. The molecular weight excluding hydrogens is 252 g/mol. The maximum Gasteiger partial charge on any atom is 0.331 e. The predicted octanol–water partition coefficient (Wildman–Crippen LogP) is 3.20. The average Bonchev–Trinajstić information content (AvgIpc) is 2.38. The summed E-state index contributed by atoms with van der Waals surface area (Å²) in [6, 6.07) is 10.1. The summed E-state index contributed by atoms with van der Waals surface area (Å²) in [5, 5.41) is 11.7. The first kappa shape index (κ1) is 13.0. The predicted molar refractivity (Wildman–Crippen MR) is 66.8 cm³/mol. The molecule has 2 aromatic carbocycles. The van der Waals surface area contributed by atoms with Gasteiger partial charge in [0.2, 0.25) is 0 Å². The third-order valence-electron chi connectivity index (χ3n) is 2.62. The second kappa shape index (κ2) is 5.48. The van der Waals surface area contributed by atoms with Crippen LogP contribution in [0.25, 0.3) is 0 Å². The molecular formula is C14H11F2NO2. The topological polar surface area (TPSA) is 49.3 Å². The minimum Gasteiger partial charge on any atom is -0.479 e. The van der Waals surface area contributed by atoms with Crippen LogP contribution in [-0.2, 0) is 4.79 Å². The zero-order valence-corrected chi connectivity index (χ0v) is 9.81. The van der Waals surface area contributed by atoms with E-state index in [1.165, 1.54) is 6.07 Å². The fourth-order valence-corrected chi connectivity index (χ4v) is 1.74. The number of benzene rings is 2. The monoisotopic (exact) mass is 263 g/mol. The summed E-state index contributed by atoms with van der Waals surface area (Å²) in [5.41, 5.74) is -0.0311. The van der Waals surface area contributed by atoms with Gasteiger partial charge in [0.15, 0.2) is 6.04 Å². The maximum atomic E-state index is 13.6. The van der Waals surface area contributed by atoms with Crippen molar-refractivity contribution < 1.29 is 18.7 Å². The molecule has 2 aromatic rings. The molecule has 2 N–H and O–H groups in total. The summed E-state index contributed by atoms with van der Waals surface area (Å²) in [5.74, 6) is -3.14. The lowest BCUT2D eigenvalue weighted by Crippen LogP contribution is -2.23. The van der Waals surface area contributed by atoms with Gasteiger partial charge in [-0.05, 0) is 24.3 Å². The van der Waals surface area contributed by atoms with Crippen LogP contribution in [0.15, 0.2) is 48.5 Å². The van der Waals surface area contributed by atoms with Crippen molar-refractivity contribution in [3.05, 3.63) is 65.7 Å². The zero-order chi connectivity index (χ0) is 13.8. The van der Waals surface area contributed by atoms with Crippen molar-refractivity contribution in [2.45, 2.75) is 6.04 Å². The highest BCUT2D eigenvalue weighted by atomic mass is 19.1. The van der Waals surface area contributed by atoms with E-state index in [0.29, 0.717) is 5.69 Å². The molecule has 0 aliphatic rings. The number of carboxylic acids is 1. The van der Waals surface area contributed by atoms with Gasteiger partial charge in [-0.25, -0.2) is 13.6 Å². The molecule has 98 valence electrons. The molecule has 0 amide bonds. The lowest BCUT2D eigenvalue weighted by molar-refractivity contribution is -0.138. The average molecular weight is 263 g/mol. The Bertz CT molecular complexity index is 567. The van der Waals surface area contributed by atoms with Gasteiger partial charge < -0.3 is 10.4 Å². The van der Waals surface area contributed by atoms with Crippen LogP contribution >= 0.6 is 0 Å². The van der Waals surface area contributed by atoms with E-state index in [4.69, 9.17) is 5.11 Å². The van der Waals surface area contributed by atoms with Crippen molar-refractivity contribution in [1.29, 1.82) is 0 Å². The van der Waals surface area contributed by atoms with Crippen LogP contribution in [0.2, 0.25) is 0 Å². The van der Waals surface area contributed by atoms with E-state index in [2.05, 4.69) is 5.32 Å². The summed E-state index contributed by atoms with van der Waals surface area (Å²) < 4.78 is 27.2. The summed E-state index contributed by atoms with van der Waals surface area (Å²) in [7, 11) is 0. The Hall–Kier alpha value is -2.43. The quantitative estimate of drug-likeness (QED) is 0.890. The van der Waals surface area contributed by atoms with E-state index in [1.807, 2.05) is 0 Å². The second-order valence-electron chi connectivity index (χ2n) is 3.92. The van der Waals surface area contributed by atoms with Crippen molar-refractivity contribution in [2.75, 3.05) is 5.32 Å². The normalized spacial score (nSPS) is 11.9. The van der Waals surface area contributed by atoms with Crippen LogP contribution in [0.4, 0.5) is 14.5 Å². The second-order valence-corrected chi connectivity index (χ2v) is 3.92. The Kier molecular flexibility index (Phi) is 3.75. The molecule has 2 rings (SSSR count). The molecule has 0 aromatic heterocycles. The van der Waals surface area contributed by atoms with Gasteiger partial charge in [-0.15, -0.1) is 0 Å². The van der Waals surface area contributed by atoms with E-state index in [1.54, 1.807) is 30.3 Å². The first-order valence-corrected chi connectivity index (χ1v) is 5.58. The molecule has 0 spiro atoms. The molecule has 0 saturated heterocycles. The van der Waals surface area contributed by atoms with Crippen molar-refractivity contribution >= 4 is 11.7 Å². The van der Waals surface area contributed by atoms with Crippen molar-refractivity contribution in [3.63, 3.8) is 0 Å². The maximum absolute atomic E-state index is 13.6. The van der Waals surface area contributed by atoms with Gasteiger partial charge in [-0.2, -0.15) is 0 Å². The van der Waals surface area contributed by atoms with Crippen molar-refractivity contribution in [3.8, 4) is 0 Å². The van der Waals surface area contributed by atoms with Gasteiger partial charge in [-0.1, -0.05) is 24.3 Å². The third kappa shape index (κ3) is 2.88. The summed E-state index contributed by atoms with van der Waals surface area (Å²) in [6.45, 7) is 0. The van der Waals surface area contributed by atoms with Gasteiger partial charge in [0.25, 0.3) is 0 Å². The van der Waals surface area contributed by atoms with Crippen molar-refractivity contribution in [1.82, 2.24) is 0 Å². The number of carbonyl (C=O) groups is 1. The molecule has 0 bridgehead atoms. The van der Waals surface area contributed by atoms with Crippen LogP contribution in [0.3, 0.4) is 0 Å². The number of para-hydroxylation sites is 1. The number of anilines is 1. The number of aliphatic carboxylic acids is 1. The smallest absolute Gasteiger partial charge is 0.331 e. The first-order valence-electron chi connectivity index (χ1n) is 5.58. The Labute approximate surface area is 108 Å². The molecule has 0 heterocycles. The van der Waals surface area contributed by atoms with E-state index >= 15 is 0 Å². The lowest BCUT2D eigenvalue weighted by Gasteiger charge is -2.17. The van der Waals surface area contributed by atoms with Gasteiger partial charge in [0.1, 0.15) is 11.6 Å². The van der Waals surface area contributed by atoms with Crippen LogP contribution in [0.5, 0.6) is 0 Å². The highest BCUT2D eigenvalue weighted by Crippen LogP contribution is 2.24. The lowest BCUT2D eigenvalue weighted by atomic mass is 10.1. The van der Waals surface area contributed by atoms with Crippen LogP contribution in [-0.4, -0.2) is 11.1 Å². The van der Waals surface area contributed by atoms with Crippen molar-refractivity contribution in [2.24, 2.45) is 0 Å². The van der Waals surface area contributed by atoms with E-state index in [-0.39, 0.29) is 0 Å². The minimum absolute atomic E-state index is 0.470.